The smallest absolute Gasteiger partial charge is 0.253 e. The van der Waals surface area contributed by atoms with Crippen molar-refractivity contribution in [3.05, 3.63) is 71.0 Å². The van der Waals surface area contributed by atoms with Gasteiger partial charge in [-0.25, -0.2) is 19.3 Å². The van der Waals surface area contributed by atoms with E-state index in [4.69, 9.17) is 5.73 Å². The lowest BCUT2D eigenvalue weighted by molar-refractivity contribution is 0.0955. The molecule has 4 rings (SSSR count). The lowest BCUT2D eigenvalue weighted by Crippen LogP contribution is -2.32. The Hall–Kier alpha value is -3.70. The number of nitrogens with one attached hydrogen (secondary N) is 3. The van der Waals surface area contributed by atoms with E-state index in [1.807, 2.05) is 0 Å². The van der Waals surface area contributed by atoms with Crippen LogP contribution in [0, 0.1) is 5.82 Å². The molecule has 0 atom stereocenters. The van der Waals surface area contributed by atoms with Gasteiger partial charge < -0.3 is 21.7 Å². The van der Waals surface area contributed by atoms with Crippen molar-refractivity contribution >= 4 is 39.1 Å². The molecule has 0 saturated heterocycles. The maximum absolute atomic E-state index is 13.8. The highest BCUT2D eigenvalue weighted by Gasteiger charge is 2.12. The van der Waals surface area contributed by atoms with Gasteiger partial charge in [0.1, 0.15) is 22.5 Å². The van der Waals surface area contributed by atoms with E-state index in [1.54, 1.807) is 36.5 Å². The van der Waals surface area contributed by atoms with Crippen molar-refractivity contribution in [1.29, 1.82) is 0 Å². The predicted octanol–water partition coefficient (Wildman–Crippen LogP) is 2.38. The van der Waals surface area contributed by atoms with E-state index in [1.165, 1.54) is 23.7 Å². The van der Waals surface area contributed by atoms with Crippen LogP contribution in [0.25, 0.3) is 10.3 Å². The molecule has 0 aliphatic carbocycles. The van der Waals surface area contributed by atoms with Crippen molar-refractivity contribution in [2.24, 2.45) is 0 Å². The normalized spacial score (nSPS) is 10.9. The van der Waals surface area contributed by atoms with Crippen LogP contribution >= 0.6 is 11.3 Å². The second-order valence-electron chi connectivity index (χ2n) is 7.11. The van der Waals surface area contributed by atoms with Crippen LogP contribution in [0.1, 0.15) is 21.1 Å². The van der Waals surface area contributed by atoms with Gasteiger partial charge in [-0.05, 0) is 24.3 Å². The van der Waals surface area contributed by atoms with E-state index >= 15 is 0 Å². The Morgan fingerprint density at radius 3 is 2.79 bits per heavy atom. The molecule has 1 amide bonds. The Balaban J connectivity index is 1.25. The number of rotatable bonds is 10. The number of aromatic nitrogens is 4. The molecule has 0 fully saturated rings. The number of pyridine rings is 1. The molecule has 0 spiro atoms. The van der Waals surface area contributed by atoms with Gasteiger partial charge in [-0.15, -0.1) is 0 Å². The van der Waals surface area contributed by atoms with Gasteiger partial charge in [-0.3, -0.25) is 9.78 Å². The number of fused-ring (bicyclic) bond motifs is 1. The van der Waals surface area contributed by atoms with Crippen LogP contribution < -0.4 is 21.7 Å². The first-order valence-electron chi connectivity index (χ1n) is 10.4. The van der Waals surface area contributed by atoms with Crippen molar-refractivity contribution in [2.45, 2.75) is 13.0 Å². The maximum atomic E-state index is 13.8. The van der Waals surface area contributed by atoms with Crippen LogP contribution in [-0.4, -0.2) is 45.5 Å². The number of anilines is 2. The van der Waals surface area contributed by atoms with Gasteiger partial charge >= 0.3 is 0 Å². The quantitative estimate of drug-likeness (QED) is 0.207. The van der Waals surface area contributed by atoms with Crippen molar-refractivity contribution < 1.29 is 9.18 Å². The lowest BCUT2D eigenvalue weighted by Gasteiger charge is -2.08. The molecule has 5 N–H and O–H groups in total. The number of thiazole rings is 1. The second-order valence-corrected chi connectivity index (χ2v) is 8.17. The topological polar surface area (TPSA) is 131 Å². The van der Waals surface area contributed by atoms with Crippen molar-refractivity contribution in [1.82, 2.24) is 30.6 Å². The minimum atomic E-state index is -0.372. The fourth-order valence-electron chi connectivity index (χ4n) is 3.13. The van der Waals surface area contributed by atoms with E-state index in [0.717, 1.165) is 9.84 Å². The number of hydrogen-bond donors (Lipinski definition) is 4. The summed E-state index contributed by atoms with van der Waals surface area (Å²) in [6.45, 7) is 1.99. The average Bonchev–Trinajstić information content (AvgIpc) is 3.24. The molecule has 0 saturated carbocycles. The van der Waals surface area contributed by atoms with E-state index in [2.05, 4.69) is 35.9 Å². The maximum Gasteiger partial charge on any atom is 0.253 e. The Labute approximate surface area is 193 Å². The Bertz CT molecular complexity index is 1250. The molecule has 0 aliphatic heterocycles. The SMILES string of the molecule is Nc1ccccc1C(=O)NCCNCCc1nc2c(NCc3ncccc3F)ncnc2s1. The Morgan fingerprint density at radius 2 is 1.94 bits per heavy atom. The third kappa shape index (κ3) is 5.76. The first-order chi connectivity index (χ1) is 16.1. The molecule has 1 aromatic carbocycles. The highest BCUT2D eigenvalue weighted by molar-refractivity contribution is 7.18. The Kier molecular flexibility index (Phi) is 7.33. The molecule has 33 heavy (non-hydrogen) atoms. The number of para-hydroxylation sites is 1. The molecule has 3 aromatic heterocycles. The number of nitrogens with zero attached hydrogens (tertiary/aromatic N) is 4. The summed E-state index contributed by atoms with van der Waals surface area (Å²) < 4.78 is 13.8. The lowest BCUT2D eigenvalue weighted by atomic mass is 10.2. The number of halogens is 1. The molecule has 0 unspecified atom stereocenters. The van der Waals surface area contributed by atoms with Gasteiger partial charge in [0.25, 0.3) is 5.91 Å². The third-order valence-electron chi connectivity index (χ3n) is 4.81. The summed E-state index contributed by atoms with van der Waals surface area (Å²) in [5.74, 6) is -0.0163. The van der Waals surface area contributed by atoms with Crippen molar-refractivity contribution in [2.75, 3.05) is 30.7 Å². The fourth-order valence-corrected chi connectivity index (χ4v) is 4.04. The molecular weight excluding hydrogens is 443 g/mol. The number of amides is 1. The molecule has 3 heterocycles. The first kappa shape index (κ1) is 22.5. The van der Waals surface area contributed by atoms with Gasteiger partial charge in [0.2, 0.25) is 0 Å². The average molecular weight is 467 g/mol. The summed E-state index contributed by atoms with van der Waals surface area (Å²) in [6, 6.07) is 9.90. The van der Waals surface area contributed by atoms with Gasteiger partial charge in [0.05, 0.1) is 22.8 Å². The number of hydrogen-bond acceptors (Lipinski definition) is 9. The van der Waals surface area contributed by atoms with Crippen LogP contribution in [0.2, 0.25) is 0 Å². The monoisotopic (exact) mass is 466 g/mol. The van der Waals surface area contributed by atoms with E-state index < -0.39 is 0 Å². The molecule has 9 nitrogen and oxygen atoms in total. The van der Waals surface area contributed by atoms with Gasteiger partial charge in [0, 0.05) is 37.9 Å². The highest BCUT2D eigenvalue weighted by Crippen LogP contribution is 2.25. The van der Waals surface area contributed by atoms with Crippen LogP contribution in [-0.2, 0) is 13.0 Å². The van der Waals surface area contributed by atoms with Crippen molar-refractivity contribution in [3.63, 3.8) is 0 Å². The third-order valence-corrected chi connectivity index (χ3v) is 5.83. The number of nitrogens with two attached hydrogens (primary N) is 1. The minimum Gasteiger partial charge on any atom is -0.398 e. The summed E-state index contributed by atoms with van der Waals surface area (Å²) in [7, 11) is 0. The zero-order valence-corrected chi connectivity index (χ0v) is 18.5. The standard InChI is InChI=1S/C22H23FN8OS/c23-15-5-3-8-26-17(15)12-28-20-19-22(30-13-29-20)33-18(31-19)7-9-25-10-11-27-21(32)14-4-1-2-6-16(14)24/h1-6,8,13,25H,7,9-12,24H2,(H,27,32)(H,28,29,30). The zero-order valence-electron chi connectivity index (χ0n) is 17.7. The molecule has 4 aromatic rings. The summed E-state index contributed by atoms with van der Waals surface area (Å²) in [4.78, 5) is 30.1. The van der Waals surface area contributed by atoms with Gasteiger partial charge in [0.15, 0.2) is 5.82 Å². The summed E-state index contributed by atoms with van der Waals surface area (Å²) in [5.41, 5.74) is 7.72. The number of carbonyl (C=O) groups is 1. The number of carbonyl (C=O) groups excluding carboxylic acids is 1. The number of nitrogen functional groups attached to an aromatic ring is 1. The van der Waals surface area contributed by atoms with Crippen LogP contribution in [0.5, 0.6) is 0 Å². The van der Waals surface area contributed by atoms with Gasteiger partial charge in [-0.2, -0.15) is 0 Å². The second kappa shape index (κ2) is 10.7. The molecule has 0 bridgehead atoms. The van der Waals surface area contributed by atoms with E-state index in [0.29, 0.717) is 54.3 Å². The van der Waals surface area contributed by atoms with Crippen molar-refractivity contribution in [3.8, 4) is 0 Å². The minimum absolute atomic E-state index is 0.190. The molecule has 0 radical (unpaired) electrons. The molecular formula is C22H23FN8OS. The Morgan fingerprint density at radius 1 is 1.06 bits per heavy atom. The van der Waals surface area contributed by atoms with E-state index in [-0.39, 0.29) is 18.3 Å². The van der Waals surface area contributed by atoms with Crippen LogP contribution in [0.15, 0.2) is 48.9 Å². The first-order valence-corrected chi connectivity index (χ1v) is 11.2. The van der Waals surface area contributed by atoms with Gasteiger partial charge in [-0.1, -0.05) is 23.5 Å². The number of benzene rings is 1. The molecule has 0 aliphatic rings. The predicted molar refractivity (Wildman–Crippen MR) is 126 cm³/mol. The van der Waals surface area contributed by atoms with Crippen LogP contribution in [0.4, 0.5) is 15.9 Å². The fraction of sp³-hybridized carbons (Fsp3) is 0.227. The summed E-state index contributed by atoms with van der Waals surface area (Å²) in [6.07, 6.45) is 3.71. The van der Waals surface area contributed by atoms with Crippen LogP contribution in [0.3, 0.4) is 0 Å². The molecule has 11 heteroatoms. The summed E-state index contributed by atoms with van der Waals surface area (Å²) >= 11 is 1.49. The highest BCUT2D eigenvalue weighted by atomic mass is 32.1. The molecule has 170 valence electrons. The van der Waals surface area contributed by atoms with E-state index in [9.17, 15) is 9.18 Å². The summed E-state index contributed by atoms with van der Waals surface area (Å²) in [5, 5.41) is 10.1. The zero-order chi connectivity index (χ0) is 23.0. The largest absolute Gasteiger partial charge is 0.398 e.